The first-order valence-corrected chi connectivity index (χ1v) is 12.1. The number of amides is 1. The lowest BCUT2D eigenvalue weighted by Crippen LogP contribution is -2.62. The number of nitrogens with one attached hydrogen (secondary N) is 1. The molecule has 1 N–H and O–H groups in total. The summed E-state index contributed by atoms with van der Waals surface area (Å²) in [6.07, 6.45) is 1.91. The molecule has 2 fully saturated rings. The molecule has 2 rings (SSSR count). The van der Waals surface area contributed by atoms with Gasteiger partial charge >= 0.3 is 6.09 Å². The first-order chi connectivity index (χ1) is 10.8. The van der Waals surface area contributed by atoms with Gasteiger partial charge in [0.25, 0.3) is 0 Å². The van der Waals surface area contributed by atoms with Crippen molar-refractivity contribution in [2.24, 2.45) is 0 Å². The summed E-state index contributed by atoms with van der Waals surface area (Å²) in [6, 6.07) is 0.641. The number of piperazine rings is 1. The van der Waals surface area contributed by atoms with E-state index >= 15 is 0 Å². The monoisotopic (exact) mass is 356 g/mol. The second kappa shape index (κ2) is 6.61. The molecule has 0 saturated carbocycles. The number of ether oxygens (including phenoxy) is 1. The third kappa shape index (κ3) is 4.32. The summed E-state index contributed by atoms with van der Waals surface area (Å²) >= 11 is 0. The van der Waals surface area contributed by atoms with Crippen molar-refractivity contribution in [3.8, 4) is 0 Å². The van der Waals surface area contributed by atoms with E-state index in [9.17, 15) is 4.79 Å². The van der Waals surface area contributed by atoms with E-state index in [0.717, 1.165) is 19.4 Å². The molecule has 3 unspecified atom stereocenters. The first kappa shape index (κ1) is 19.7. The highest BCUT2D eigenvalue weighted by molar-refractivity contribution is 6.74. The molecule has 2 heterocycles. The lowest BCUT2D eigenvalue weighted by molar-refractivity contribution is 0.000824. The molecule has 0 radical (unpaired) electrons. The summed E-state index contributed by atoms with van der Waals surface area (Å²) < 4.78 is 12.0. The van der Waals surface area contributed by atoms with Crippen LogP contribution in [0.3, 0.4) is 0 Å². The van der Waals surface area contributed by atoms with Gasteiger partial charge in [0.2, 0.25) is 0 Å². The zero-order chi connectivity index (χ0) is 18.3. The Morgan fingerprint density at radius 2 is 1.79 bits per heavy atom. The van der Waals surface area contributed by atoms with Crippen LogP contribution >= 0.6 is 0 Å². The quantitative estimate of drug-likeness (QED) is 0.783. The fraction of sp³-hybridized carbons (Fsp3) is 0.944. The van der Waals surface area contributed by atoms with Crippen LogP contribution in [0.25, 0.3) is 0 Å². The summed E-state index contributed by atoms with van der Waals surface area (Å²) in [5.41, 5.74) is -0.450. The molecular weight excluding hydrogens is 320 g/mol. The van der Waals surface area contributed by atoms with Crippen molar-refractivity contribution in [2.75, 3.05) is 13.2 Å². The van der Waals surface area contributed by atoms with Crippen molar-refractivity contribution < 1.29 is 14.0 Å². The van der Waals surface area contributed by atoms with E-state index < -0.39 is 13.9 Å². The number of hydrogen-bond donors (Lipinski definition) is 1. The maximum atomic E-state index is 12.6. The molecule has 2 bridgehead atoms. The average molecular weight is 357 g/mol. The third-order valence-corrected chi connectivity index (χ3v) is 10.2. The van der Waals surface area contributed by atoms with Gasteiger partial charge in [-0.2, -0.15) is 0 Å². The Morgan fingerprint density at radius 1 is 1.17 bits per heavy atom. The predicted molar refractivity (Wildman–Crippen MR) is 99.8 cm³/mol. The summed E-state index contributed by atoms with van der Waals surface area (Å²) in [7, 11) is -1.78. The maximum Gasteiger partial charge on any atom is 0.410 e. The Labute approximate surface area is 148 Å². The molecule has 3 atom stereocenters. The van der Waals surface area contributed by atoms with Crippen LogP contribution in [0.2, 0.25) is 18.1 Å². The Morgan fingerprint density at radius 3 is 2.33 bits per heavy atom. The highest BCUT2D eigenvalue weighted by atomic mass is 28.4. The molecule has 0 aliphatic carbocycles. The smallest absolute Gasteiger partial charge is 0.410 e. The van der Waals surface area contributed by atoms with Crippen LogP contribution in [0.5, 0.6) is 0 Å². The van der Waals surface area contributed by atoms with Gasteiger partial charge in [0.15, 0.2) is 8.32 Å². The van der Waals surface area contributed by atoms with Crippen molar-refractivity contribution in [1.29, 1.82) is 0 Å². The normalized spacial score (nSPS) is 28.2. The van der Waals surface area contributed by atoms with Crippen molar-refractivity contribution in [2.45, 2.75) is 96.2 Å². The molecule has 5 nitrogen and oxygen atoms in total. The summed E-state index contributed by atoms with van der Waals surface area (Å²) in [6.45, 7) is 18.6. The highest BCUT2D eigenvalue weighted by Crippen LogP contribution is 2.37. The van der Waals surface area contributed by atoms with Gasteiger partial charge in [-0.1, -0.05) is 20.8 Å². The van der Waals surface area contributed by atoms with E-state index in [-0.39, 0.29) is 29.3 Å². The number of nitrogens with zero attached hydrogens (tertiary/aromatic N) is 1. The number of fused-ring (bicyclic) bond motifs is 2. The molecule has 140 valence electrons. The standard InChI is InChI=1S/C18H36N2O3Si/c1-17(2,3)23-16(21)20-13-9-10-15(20)14(19-11-13)12-22-24(7,8)18(4,5)6/h13-15,19H,9-12H2,1-8H3. The van der Waals surface area contributed by atoms with E-state index in [1.807, 2.05) is 25.7 Å². The van der Waals surface area contributed by atoms with E-state index in [4.69, 9.17) is 9.16 Å². The zero-order valence-electron chi connectivity index (χ0n) is 16.7. The third-order valence-electron chi connectivity index (χ3n) is 5.66. The summed E-state index contributed by atoms with van der Waals surface area (Å²) in [5.74, 6) is 0. The largest absolute Gasteiger partial charge is 0.444 e. The molecule has 1 amide bonds. The number of carbonyl (C=O) groups is 1. The Hall–Kier alpha value is -0.593. The van der Waals surface area contributed by atoms with Crippen molar-refractivity contribution in [1.82, 2.24) is 10.2 Å². The minimum absolute atomic E-state index is 0.172. The van der Waals surface area contributed by atoms with Crippen LogP contribution in [-0.4, -0.2) is 56.2 Å². The van der Waals surface area contributed by atoms with Gasteiger partial charge < -0.3 is 14.5 Å². The van der Waals surface area contributed by atoms with E-state index in [2.05, 4.69) is 39.2 Å². The summed E-state index contributed by atoms with van der Waals surface area (Å²) in [4.78, 5) is 14.6. The molecule has 6 heteroatoms. The van der Waals surface area contributed by atoms with Gasteiger partial charge in [-0.25, -0.2) is 4.79 Å². The van der Waals surface area contributed by atoms with Gasteiger partial charge in [-0.15, -0.1) is 0 Å². The molecule has 2 aliphatic rings. The number of rotatable bonds is 3. The molecule has 24 heavy (non-hydrogen) atoms. The number of carbonyl (C=O) groups excluding carboxylic acids is 1. The fourth-order valence-corrected chi connectivity index (χ4v) is 4.24. The van der Waals surface area contributed by atoms with Crippen LogP contribution in [0.15, 0.2) is 0 Å². The van der Waals surface area contributed by atoms with E-state index in [0.29, 0.717) is 6.61 Å². The molecule has 0 aromatic heterocycles. The highest BCUT2D eigenvalue weighted by Gasteiger charge is 2.47. The predicted octanol–water partition coefficient (Wildman–Crippen LogP) is 3.75. The molecule has 0 aromatic carbocycles. The van der Waals surface area contributed by atoms with Crippen LogP contribution in [0.1, 0.15) is 54.4 Å². The topological polar surface area (TPSA) is 50.8 Å². The van der Waals surface area contributed by atoms with Crippen LogP contribution in [0.4, 0.5) is 4.79 Å². The second-order valence-electron chi connectivity index (χ2n) is 9.77. The molecule has 2 aliphatic heterocycles. The summed E-state index contributed by atoms with van der Waals surface area (Å²) in [5, 5.41) is 3.80. The average Bonchev–Trinajstić information content (AvgIpc) is 2.70. The molecule has 0 spiro atoms. The Kier molecular flexibility index (Phi) is 5.44. The fourth-order valence-electron chi connectivity index (χ4n) is 3.21. The van der Waals surface area contributed by atoms with Gasteiger partial charge in [0, 0.05) is 18.6 Å². The van der Waals surface area contributed by atoms with Crippen LogP contribution in [0, 0.1) is 0 Å². The lowest BCUT2D eigenvalue weighted by Gasteiger charge is -2.43. The molecule has 0 aromatic rings. The van der Waals surface area contributed by atoms with Gasteiger partial charge in [0.05, 0.1) is 12.6 Å². The van der Waals surface area contributed by atoms with Gasteiger partial charge in [-0.05, 0) is 51.7 Å². The zero-order valence-corrected chi connectivity index (χ0v) is 17.7. The minimum Gasteiger partial charge on any atom is -0.444 e. The van der Waals surface area contributed by atoms with Crippen LogP contribution < -0.4 is 5.32 Å². The second-order valence-corrected chi connectivity index (χ2v) is 14.6. The number of hydrogen-bond acceptors (Lipinski definition) is 4. The maximum absolute atomic E-state index is 12.6. The molecule has 2 saturated heterocycles. The first-order valence-electron chi connectivity index (χ1n) is 9.20. The van der Waals surface area contributed by atoms with Crippen LogP contribution in [-0.2, 0) is 9.16 Å². The van der Waals surface area contributed by atoms with Crippen molar-refractivity contribution in [3.63, 3.8) is 0 Å². The van der Waals surface area contributed by atoms with Gasteiger partial charge in [-0.3, -0.25) is 4.90 Å². The van der Waals surface area contributed by atoms with Gasteiger partial charge in [0.1, 0.15) is 5.60 Å². The SMILES string of the molecule is CC(C)(C)OC(=O)N1C2CCC1C(CO[Si](C)(C)C(C)(C)C)NC2. The molecular formula is C18H36N2O3Si. The van der Waals surface area contributed by atoms with E-state index in [1.165, 1.54) is 0 Å². The lowest BCUT2D eigenvalue weighted by atomic mass is 10.1. The van der Waals surface area contributed by atoms with E-state index in [1.54, 1.807) is 0 Å². The Bertz CT molecular complexity index is 468. The minimum atomic E-state index is -1.78. The Balaban J connectivity index is 2.02. The van der Waals surface area contributed by atoms with Crippen molar-refractivity contribution in [3.05, 3.63) is 0 Å². The van der Waals surface area contributed by atoms with Crippen molar-refractivity contribution >= 4 is 14.4 Å².